The Morgan fingerprint density at radius 1 is 1.07 bits per heavy atom. The van der Waals surface area contributed by atoms with E-state index in [9.17, 15) is 27.5 Å². The summed E-state index contributed by atoms with van der Waals surface area (Å²) in [5, 5.41) is 14.2. The minimum absolute atomic E-state index is 0.00576. The molecule has 2 heterocycles. The van der Waals surface area contributed by atoms with E-state index in [-0.39, 0.29) is 36.9 Å². The minimum Gasteiger partial charge on any atom is -0.434 e. The van der Waals surface area contributed by atoms with E-state index in [1.807, 2.05) is 43.3 Å². The number of carbonyl (C=O) groups is 2. The van der Waals surface area contributed by atoms with Gasteiger partial charge in [0.05, 0.1) is 23.6 Å². The number of sulfonamides is 1. The van der Waals surface area contributed by atoms with Crippen LogP contribution in [-0.4, -0.2) is 67.7 Å². The summed E-state index contributed by atoms with van der Waals surface area (Å²) in [5.41, 5.74) is 1.81. The van der Waals surface area contributed by atoms with Crippen molar-refractivity contribution in [3.8, 4) is 0 Å². The Morgan fingerprint density at radius 3 is 2.46 bits per heavy atom. The van der Waals surface area contributed by atoms with Crippen LogP contribution in [0.3, 0.4) is 0 Å². The highest BCUT2D eigenvalue weighted by molar-refractivity contribution is 7.89. The quantitative estimate of drug-likeness (QED) is 0.423. The number of aliphatic hydroxyl groups excluding tert-OH is 1. The van der Waals surface area contributed by atoms with Crippen molar-refractivity contribution in [1.29, 1.82) is 0 Å². The van der Waals surface area contributed by atoms with E-state index in [2.05, 4.69) is 5.32 Å². The normalized spacial score (nSPS) is 21.8. The topological polar surface area (TPSA) is 116 Å². The van der Waals surface area contributed by atoms with E-state index in [0.717, 1.165) is 11.6 Å². The molecule has 2 aliphatic heterocycles. The van der Waals surface area contributed by atoms with Gasteiger partial charge in [0, 0.05) is 18.8 Å². The van der Waals surface area contributed by atoms with Gasteiger partial charge in [0.2, 0.25) is 10.0 Å². The highest BCUT2D eigenvalue weighted by Gasteiger charge is 2.40. The van der Waals surface area contributed by atoms with Crippen molar-refractivity contribution in [2.45, 2.75) is 42.9 Å². The first-order chi connectivity index (χ1) is 19.6. The Balaban J connectivity index is 1.35. The lowest BCUT2D eigenvalue weighted by Crippen LogP contribution is -2.53. The second-order valence-corrected chi connectivity index (χ2v) is 12.5. The molecule has 4 atom stereocenters. The first-order valence-electron chi connectivity index (χ1n) is 13.5. The minimum atomic E-state index is -4.04. The van der Waals surface area contributed by atoms with Gasteiger partial charge in [-0.2, -0.15) is 4.31 Å². The maximum Gasteiger partial charge on any atom is 0.415 e. The second-order valence-electron chi connectivity index (χ2n) is 10.6. The number of ether oxygens (including phenoxy) is 1. The Hall–Kier alpha value is -3.80. The Morgan fingerprint density at radius 2 is 1.76 bits per heavy atom. The third-order valence-corrected chi connectivity index (χ3v) is 9.31. The number of cyclic esters (lactones) is 1. The van der Waals surface area contributed by atoms with Gasteiger partial charge < -0.3 is 15.2 Å². The molecule has 2 N–H and O–H groups in total. The number of aliphatic hydroxyl groups is 1. The molecule has 5 rings (SSSR count). The van der Waals surface area contributed by atoms with Crippen LogP contribution in [0.15, 0.2) is 83.8 Å². The number of anilines is 1. The van der Waals surface area contributed by atoms with Crippen molar-refractivity contribution in [3.05, 3.63) is 95.8 Å². The van der Waals surface area contributed by atoms with Crippen LogP contribution in [0.2, 0.25) is 0 Å². The molecule has 0 aromatic heterocycles. The van der Waals surface area contributed by atoms with Gasteiger partial charge in [0.25, 0.3) is 5.91 Å². The first kappa shape index (κ1) is 28.7. The summed E-state index contributed by atoms with van der Waals surface area (Å²) >= 11 is 0. The van der Waals surface area contributed by atoms with Crippen LogP contribution in [-0.2, 0) is 32.4 Å². The van der Waals surface area contributed by atoms with Crippen LogP contribution in [0.1, 0.15) is 18.1 Å². The lowest BCUT2D eigenvalue weighted by atomic mass is 9.99. The maximum atomic E-state index is 13.9. The molecule has 1 fully saturated rings. The molecular weight excluding hydrogens is 549 g/mol. The van der Waals surface area contributed by atoms with Crippen LogP contribution < -0.4 is 10.2 Å². The summed E-state index contributed by atoms with van der Waals surface area (Å²) in [6, 6.07) is 20.7. The zero-order valence-corrected chi connectivity index (χ0v) is 23.3. The predicted octanol–water partition coefficient (Wildman–Crippen LogP) is 3.12. The molecule has 2 amide bonds. The van der Waals surface area contributed by atoms with Crippen LogP contribution in [0.4, 0.5) is 14.9 Å². The molecule has 216 valence electrons. The Kier molecular flexibility index (Phi) is 8.39. The third kappa shape index (κ3) is 6.42. The molecule has 9 nitrogen and oxygen atoms in total. The first-order valence-corrected chi connectivity index (χ1v) is 14.9. The number of halogens is 1. The van der Waals surface area contributed by atoms with Gasteiger partial charge in [-0.25, -0.2) is 17.6 Å². The van der Waals surface area contributed by atoms with Crippen molar-refractivity contribution >= 4 is 27.7 Å². The fourth-order valence-corrected chi connectivity index (χ4v) is 7.13. The van der Waals surface area contributed by atoms with E-state index in [1.54, 1.807) is 24.3 Å². The molecule has 2 aliphatic rings. The number of fused-ring (bicyclic) bond motifs is 1. The van der Waals surface area contributed by atoms with E-state index < -0.39 is 46.1 Å². The predicted molar refractivity (Wildman–Crippen MR) is 150 cm³/mol. The fourth-order valence-electron chi connectivity index (χ4n) is 5.34. The molecule has 41 heavy (non-hydrogen) atoms. The van der Waals surface area contributed by atoms with Gasteiger partial charge in [-0.15, -0.1) is 0 Å². The number of nitrogens with zero attached hydrogens (tertiary/aromatic N) is 2. The molecule has 0 spiro atoms. The van der Waals surface area contributed by atoms with Crippen LogP contribution in [0, 0.1) is 11.7 Å². The number of para-hydroxylation sites is 1. The summed E-state index contributed by atoms with van der Waals surface area (Å²) in [6.45, 7) is 1.69. The highest BCUT2D eigenvalue weighted by atomic mass is 32.2. The molecule has 0 radical (unpaired) electrons. The summed E-state index contributed by atoms with van der Waals surface area (Å²) in [4.78, 5) is 27.2. The van der Waals surface area contributed by atoms with E-state index in [0.29, 0.717) is 17.7 Å². The van der Waals surface area contributed by atoms with Gasteiger partial charge in [-0.3, -0.25) is 9.69 Å². The Bertz CT molecular complexity index is 1510. The van der Waals surface area contributed by atoms with Crippen LogP contribution >= 0.6 is 0 Å². The summed E-state index contributed by atoms with van der Waals surface area (Å²) in [6.07, 6.45) is -2.49. The maximum absolute atomic E-state index is 13.9. The molecule has 3 aromatic rings. The standard InChI is InChI=1S/C30H32FN3O6S/c1-20-14-22-16-23(31)12-13-28(22)41(38,39)33(17-20)18-26(35)25(15-21-8-4-2-5-9-21)32-29(36)27-19-34(30(37)40-27)24-10-6-3-7-11-24/h2-13,16,20,25-27,35H,14-15,17-19H2,1H3,(H,32,36)/t20-,25-,26+,27-/m0/s1. The molecule has 11 heteroatoms. The molecule has 3 aromatic carbocycles. The SMILES string of the molecule is C[C@H]1Cc2cc(F)ccc2S(=O)(=O)N(C[C@@H](O)[C@H](Cc2ccccc2)NC(=O)[C@@H]2CN(c3ccccc3)C(=O)O2)C1. The number of nitrogens with one attached hydrogen (secondary N) is 1. The van der Waals surface area contributed by atoms with Crippen LogP contribution in [0.25, 0.3) is 0 Å². The molecule has 0 saturated carbocycles. The average Bonchev–Trinajstić information content (AvgIpc) is 3.31. The zero-order valence-electron chi connectivity index (χ0n) is 22.5. The second kappa shape index (κ2) is 12.0. The molecule has 0 bridgehead atoms. The fraction of sp³-hybridized carbons (Fsp3) is 0.333. The summed E-state index contributed by atoms with van der Waals surface area (Å²) in [5.74, 6) is -1.24. The smallest absolute Gasteiger partial charge is 0.415 e. The average molecular weight is 582 g/mol. The van der Waals surface area contributed by atoms with Gasteiger partial charge in [-0.1, -0.05) is 55.5 Å². The van der Waals surface area contributed by atoms with Gasteiger partial charge >= 0.3 is 6.09 Å². The largest absolute Gasteiger partial charge is 0.434 e. The lowest BCUT2D eigenvalue weighted by molar-refractivity contribution is -0.129. The van der Waals surface area contributed by atoms with Gasteiger partial charge in [0.15, 0.2) is 6.10 Å². The van der Waals surface area contributed by atoms with Crippen molar-refractivity contribution in [1.82, 2.24) is 9.62 Å². The lowest BCUT2D eigenvalue weighted by Gasteiger charge is -2.30. The van der Waals surface area contributed by atoms with Crippen molar-refractivity contribution < 1.29 is 32.2 Å². The molecular formula is C30H32FN3O6S. The zero-order chi connectivity index (χ0) is 29.1. The third-order valence-electron chi connectivity index (χ3n) is 7.38. The molecule has 0 aliphatic carbocycles. The number of rotatable bonds is 8. The monoisotopic (exact) mass is 581 g/mol. The molecule has 1 saturated heterocycles. The summed E-state index contributed by atoms with van der Waals surface area (Å²) < 4.78 is 47.6. The summed E-state index contributed by atoms with van der Waals surface area (Å²) in [7, 11) is -4.04. The number of amides is 2. The van der Waals surface area contributed by atoms with Crippen molar-refractivity contribution in [2.24, 2.45) is 5.92 Å². The van der Waals surface area contributed by atoms with E-state index in [1.165, 1.54) is 21.3 Å². The highest BCUT2D eigenvalue weighted by Crippen LogP contribution is 2.29. The number of β-amino-alcohol motifs (C(OH)–C–C–N with tert-alkyl or cyclic N) is 1. The number of hydrogen-bond donors (Lipinski definition) is 2. The molecule has 0 unspecified atom stereocenters. The van der Waals surface area contributed by atoms with Crippen molar-refractivity contribution in [2.75, 3.05) is 24.5 Å². The van der Waals surface area contributed by atoms with Gasteiger partial charge in [-0.05, 0) is 60.2 Å². The number of benzene rings is 3. The van der Waals surface area contributed by atoms with Crippen molar-refractivity contribution in [3.63, 3.8) is 0 Å². The Labute approximate surface area is 238 Å². The number of carbonyl (C=O) groups excluding carboxylic acids is 2. The van der Waals surface area contributed by atoms with E-state index >= 15 is 0 Å². The van der Waals surface area contributed by atoms with Crippen LogP contribution in [0.5, 0.6) is 0 Å². The van der Waals surface area contributed by atoms with Gasteiger partial charge in [0.1, 0.15) is 5.82 Å². The van der Waals surface area contributed by atoms with E-state index in [4.69, 9.17) is 4.74 Å². The number of hydrogen-bond acceptors (Lipinski definition) is 6.